The average molecular weight is 345 g/mol. The molecule has 0 aliphatic heterocycles. The van der Waals surface area contributed by atoms with Crippen LogP contribution in [0.2, 0.25) is 0 Å². The van der Waals surface area contributed by atoms with E-state index in [9.17, 15) is 9.90 Å². The van der Waals surface area contributed by atoms with E-state index in [1.54, 1.807) is 24.3 Å². The molecule has 0 aliphatic rings. The van der Waals surface area contributed by atoms with Gasteiger partial charge >= 0.3 is 0 Å². The Morgan fingerprint density at radius 2 is 1.54 bits per heavy atom. The van der Waals surface area contributed by atoms with Crippen molar-refractivity contribution in [3.8, 4) is 0 Å². The molecule has 0 radical (unpaired) electrons. The first-order chi connectivity index (χ1) is 12.5. The van der Waals surface area contributed by atoms with Gasteiger partial charge in [-0.3, -0.25) is 14.8 Å². The van der Waals surface area contributed by atoms with Crippen LogP contribution in [-0.2, 0) is 6.42 Å². The normalized spacial score (nSPS) is 11.4. The summed E-state index contributed by atoms with van der Waals surface area (Å²) >= 11 is 0. The van der Waals surface area contributed by atoms with Crippen LogP contribution in [0.3, 0.4) is 0 Å². The maximum Gasteiger partial charge on any atom is 0.187 e. The van der Waals surface area contributed by atoms with Crippen LogP contribution in [0.5, 0.6) is 0 Å². The Balaban J connectivity index is 1.82. The van der Waals surface area contributed by atoms with Crippen LogP contribution in [0.1, 0.15) is 39.0 Å². The van der Waals surface area contributed by atoms with E-state index in [0.717, 1.165) is 11.4 Å². The van der Waals surface area contributed by atoms with Crippen molar-refractivity contribution in [2.45, 2.75) is 20.3 Å². The molecule has 3 aromatic heterocycles. The molecular formula is C21H19N3O2. The largest absolute Gasteiger partial charge is 0.506 e. The second-order valence-electron chi connectivity index (χ2n) is 6.01. The van der Waals surface area contributed by atoms with Gasteiger partial charge in [-0.15, -0.1) is 0 Å². The molecule has 130 valence electrons. The van der Waals surface area contributed by atoms with E-state index in [-0.39, 0.29) is 18.0 Å². The summed E-state index contributed by atoms with van der Waals surface area (Å²) in [7, 11) is 0. The lowest BCUT2D eigenvalue weighted by Crippen LogP contribution is -2.08. The Morgan fingerprint density at radius 1 is 0.885 bits per heavy atom. The number of hydrogen-bond donors (Lipinski definition) is 1. The first-order valence-corrected chi connectivity index (χ1v) is 8.29. The van der Waals surface area contributed by atoms with Gasteiger partial charge in [0.15, 0.2) is 5.78 Å². The standard InChI is InChI=1S/C21H19N3O2/c1-14-6-3-8-16(22-14)12-20(25)18-10-5-11-19(24-18)21(26)13-17-9-4-7-15(2)23-17/h3-12,25H,13H2,1-2H3/b20-12-. The molecule has 0 atom stereocenters. The van der Waals surface area contributed by atoms with Crippen molar-refractivity contribution in [1.82, 2.24) is 15.0 Å². The van der Waals surface area contributed by atoms with Crippen molar-refractivity contribution in [2.75, 3.05) is 0 Å². The van der Waals surface area contributed by atoms with Gasteiger partial charge in [0.2, 0.25) is 0 Å². The van der Waals surface area contributed by atoms with Gasteiger partial charge in [0.25, 0.3) is 0 Å². The highest BCUT2D eigenvalue weighted by Gasteiger charge is 2.12. The van der Waals surface area contributed by atoms with E-state index in [0.29, 0.717) is 22.8 Å². The number of hydrogen-bond acceptors (Lipinski definition) is 5. The van der Waals surface area contributed by atoms with Crippen molar-refractivity contribution in [3.63, 3.8) is 0 Å². The molecule has 0 unspecified atom stereocenters. The van der Waals surface area contributed by atoms with Gasteiger partial charge in [-0.2, -0.15) is 0 Å². The van der Waals surface area contributed by atoms with Gasteiger partial charge in [-0.1, -0.05) is 18.2 Å². The maximum absolute atomic E-state index is 12.5. The highest BCUT2D eigenvalue weighted by Crippen LogP contribution is 2.14. The number of ketones is 1. The van der Waals surface area contributed by atoms with Gasteiger partial charge in [0.05, 0.1) is 12.1 Å². The first kappa shape index (κ1) is 17.5. The number of aliphatic hydroxyl groups is 1. The molecule has 3 rings (SSSR count). The summed E-state index contributed by atoms with van der Waals surface area (Å²) in [4.78, 5) is 25.4. The monoisotopic (exact) mass is 345 g/mol. The molecule has 0 spiro atoms. The van der Waals surface area contributed by atoms with E-state index >= 15 is 0 Å². The summed E-state index contributed by atoms with van der Waals surface area (Å²) in [6.45, 7) is 3.76. The smallest absolute Gasteiger partial charge is 0.187 e. The van der Waals surface area contributed by atoms with Crippen LogP contribution in [0.15, 0.2) is 54.6 Å². The minimum Gasteiger partial charge on any atom is -0.506 e. The van der Waals surface area contributed by atoms with E-state index < -0.39 is 0 Å². The minimum absolute atomic E-state index is 0.0357. The van der Waals surface area contributed by atoms with Crippen molar-refractivity contribution in [3.05, 3.63) is 88.8 Å². The summed E-state index contributed by atoms with van der Waals surface area (Å²) < 4.78 is 0. The number of aromatic nitrogens is 3. The number of aliphatic hydroxyl groups excluding tert-OH is 1. The number of carbonyl (C=O) groups excluding carboxylic acids is 1. The van der Waals surface area contributed by atoms with Gasteiger partial charge in [0, 0.05) is 23.2 Å². The third-order valence-corrected chi connectivity index (χ3v) is 3.78. The van der Waals surface area contributed by atoms with Crippen LogP contribution in [0, 0.1) is 13.8 Å². The third kappa shape index (κ3) is 4.39. The summed E-state index contributed by atoms with van der Waals surface area (Å²) in [6, 6.07) is 16.1. The van der Waals surface area contributed by atoms with Crippen molar-refractivity contribution >= 4 is 17.6 Å². The fourth-order valence-corrected chi connectivity index (χ4v) is 2.54. The Labute approximate surface area is 152 Å². The zero-order valence-electron chi connectivity index (χ0n) is 14.7. The topological polar surface area (TPSA) is 76.0 Å². The Hall–Kier alpha value is -3.34. The molecule has 5 nitrogen and oxygen atoms in total. The molecule has 1 N–H and O–H groups in total. The van der Waals surface area contributed by atoms with E-state index in [1.165, 1.54) is 6.08 Å². The number of rotatable bonds is 5. The number of carbonyl (C=O) groups is 1. The Bertz CT molecular complexity index is 980. The third-order valence-electron chi connectivity index (χ3n) is 3.78. The zero-order valence-corrected chi connectivity index (χ0v) is 14.7. The predicted molar refractivity (Wildman–Crippen MR) is 101 cm³/mol. The number of pyridine rings is 3. The van der Waals surface area contributed by atoms with Gasteiger partial charge < -0.3 is 5.11 Å². The molecule has 26 heavy (non-hydrogen) atoms. The second-order valence-corrected chi connectivity index (χ2v) is 6.01. The molecule has 5 heteroatoms. The van der Waals surface area contributed by atoms with Crippen LogP contribution in [0.25, 0.3) is 11.8 Å². The summed E-state index contributed by atoms with van der Waals surface area (Å²) in [5.41, 5.74) is 3.67. The van der Waals surface area contributed by atoms with Crippen molar-refractivity contribution in [2.24, 2.45) is 0 Å². The van der Waals surface area contributed by atoms with Gasteiger partial charge in [0.1, 0.15) is 17.1 Å². The minimum atomic E-state index is -0.147. The molecule has 0 saturated carbocycles. The van der Waals surface area contributed by atoms with Crippen LogP contribution in [-0.4, -0.2) is 25.8 Å². The van der Waals surface area contributed by atoms with Gasteiger partial charge in [-0.05, 0) is 50.2 Å². The zero-order chi connectivity index (χ0) is 18.5. The van der Waals surface area contributed by atoms with Crippen molar-refractivity contribution in [1.29, 1.82) is 0 Å². The predicted octanol–water partition coefficient (Wildman–Crippen LogP) is 3.97. The molecule has 0 bridgehead atoms. The summed E-state index contributed by atoms with van der Waals surface area (Å²) in [5.74, 6) is -0.183. The average Bonchev–Trinajstić information content (AvgIpc) is 2.62. The highest BCUT2D eigenvalue weighted by atomic mass is 16.3. The van der Waals surface area contributed by atoms with Crippen LogP contribution < -0.4 is 0 Å². The lowest BCUT2D eigenvalue weighted by molar-refractivity contribution is 0.0987. The second kappa shape index (κ2) is 7.70. The van der Waals surface area contributed by atoms with Crippen molar-refractivity contribution < 1.29 is 9.90 Å². The van der Waals surface area contributed by atoms with Crippen LogP contribution in [0.4, 0.5) is 0 Å². The molecule has 0 aromatic carbocycles. The molecule has 0 aliphatic carbocycles. The number of nitrogens with zero attached hydrogens (tertiary/aromatic N) is 3. The van der Waals surface area contributed by atoms with E-state index in [1.807, 2.05) is 44.2 Å². The Kier molecular flexibility index (Phi) is 5.17. The molecule has 0 saturated heterocycles. The molecule has 3 aromatic rings. The first-order valence-electron chi connectivity index (χ1n) is 8.29. The number of Topliss-reactive ketones (excluding diaryl/α,β-unsaturated/α-hetero) is 1. The van der Waals surface area contributed by atoms with Crippen LogP contribution >= 0.6 is 0 Å². The molecule has 0 amide bonds. The van der Waals surface area contributed by atoms with Gasteiger partial charge in [-0.25, -0.2) is 4.98 Å². The highest BCUT2D eigenvalue weighted by molar-refractivity contribution is 5.95. The lowest BCUT2D eigenvalue weighted by Gasteiger charge is -2.05. The fraction of sp³-hybridized carbons (Fsp3) is 0.143. The molecule has 0 fully saturated rings. The quantitative estimate of drug-likeness (QED) is 0.559. The molecule has 3 heterocycles. The summed E-state index contributed by atoms with van der Waals surface area (Å²) in [5, 5.41) is 10.3. The summed E-state index contributed by atoms with van der Waals surface area (Å²) in [6.07, 6.45) is 1.70. The maximum atomic E-state index is 12.5. The van der Waals surface area contributed by atoms with E-state index in [4.69, 9.17) is 0 Å². The fourth-order valence-electron chi connectivity index (χ4n) is 2.54. The SMILES string of the molecule is Cc1cccc(/C=C(\O)c2cccc(C(=O)Cc3cccc(C)n3)n2)n1. The lowest BCUT2D eigenvalue weighted by atomic mass is 10.1. The molecular weight excluding hydrogens is 326 g/mol. The van der Waals surface area contributed by atoms with E-state index in [2.05, 4.69) is 15.0 Å². The number of aryl methyl sites for hydroxylation is 2. The Morgan fingerprint density at radius 3 is 2.27 bits per heavy atom.